The molecule has 2 aliphatic heterocycles. The molecule has 4 heterocycles. The molecule has 6 N–H and O–H groups in total. The molecule has 2 aliphatic rings. The number of nitrogens with one attached hydrogen (secondary N) is 2. The van der Waals surface area contributed by atoms with Gasteiger partial charge >= 0.3 is 0 Å². The number of carbonyl (C=O) groups excluding carboxylic acids is 3. The first-order valence-electron chi connectivity index (χ1n) is 12.2. The third kappa shape index (κ3) is 4.66. The Morgan fingerprint density at radius 1 is 1.14 bits per heavy atom. The molecule has 0 radical (unpaired) electrons. The number of hydrogen-bond acceptors (Lipinski definition) is 8. The van der Waals surface area contributed by atoms with Crippen LogP contribution in [0.5, 0.6) is 0 Å². The van der Waals surface area contributed by atoms with Gasteiger partial charge in [-0.2, -0.15) is 0 Å². The van der Waals surface area contributed by atoms with Gasteiger partial charge in [0.05, 0.1) is 35.7 Å². The lowest BCUT2D eigenvalue weighted by molar-refractivity contribution is -0.136. The van der Waals surface area contributed by atoms with Crippen molar-refractivity contribution in [2.24, 2.45) is 11.8 Å². The number of ketones is 1. The number of nitrogens with two attached hydrogens (primary N) is 2. The molecule has 0 aliphatic carbocycles. The van der Waals surface area contributed by atoms with Gasteiger partial charge < -0.3 is 21.4 Å². The standard InChI is InChI=1S/C26H30N8O3/c1-16(35)33(27)22-13-18(9-12-30-22)25-24(31-19-5-3-2-4-6-19)23-20(34(25)28)14-32(15-21(23)36)26(37)17-7-10-29-11-8-17/h2-6,9,12-13,17,29,31H,7-8,10-11,14-15,27-28H2,1H3. The number of rotatable bonds is 5. The van der Waals surface area contributed by atoms with E-state index in [2.05, 4.69) is 15.6 Å². The number of nitrogens with zero attached hydrogens (tertiary/aromatic N) is 4. The molecular formula is C26H30N8O3. The quantitative estimate of drug-likeness (QED) is 0.234. The fourth-order valence-electron chi connectivity index (χ4n) is 5.00. The SMILES string of the molecule is CC(=O)N(N)c1cc(-c2c(Nc3ccccc3)c3c(n2N)CN(C(=O)C2CCNCC2)CC3=O)ccn1. The van der Waals surface area contributed by atoms with Crippen LogP contribution in [0.4, 0.5) is 17.2 Å². The largest absolute Gasteiger partial charge is 0.353 e. The van der Waals surface area contributed by atoms with Gasteiger partial charge in [-0.3, -0.25) is 19.1 Å². The lowest BCUT2D eigenvalue weighted by Crippen LogP contribution is -2.45. The summed E-state index contributed by atoms with van der Waals surface area (Å²) in [5.41, 5.74) is 3.44. The summed E-state index contributed by atoms with van der Waals surface area (Å²) < 4.78 is 1.45. The first-order chi connectivity index (χ1) is 17.8. The van der Waals surface area contributed by atoms with E-state index in [1.165, 1.54) is 17.8 Å². The van der Waals surface area contributed by atoms with Crippen LogP contribution in [-0.2, 0) is 16.1 Å². The Balaban J connectivity index is 1.60. The smallest absolute Gasteiger partial charge is 0.239 e. The van der Waals surface area contributed by atoms with Gasteiger partial charge in [0.1, 0.15) is 5.82 Å². The molecule has 1 aromatic carbocycles. The highest BCUT2D eigenvalue weighted by atomic mass is 16.2. The molecule has 5 rings (SSSR count). The van der Waals surface area contributed by atoms with Crippen molar-refractivity contribution < 1.29 is 14.4 Å². The van der Waals surface area contributed by atoms with Crippen LogP contribution in [0.2, 0.25) is 0 Å². The maximum absolute atomic E-state index is 13.6. The Bertz CT molecular complexity index is 1350. The second-order valence-electron chi connectivity index (χ2n) is 9.34. The number of hydrogen-bond donors (Lipinski definition) is 4. The molecule has 11 nitrogen and oxygen atoms in total. The van der Waals surface area contributed by atoms with Crippen LogP contribution in [0.1, 0.15) is 35.8 Å². The van der Waals surface area contributed by atoms with E-state index >= 15 is 0 Å². The van der Waals surface area contributed by atoms with E-state index in [0.717, 1.165) is 36.6 Å². The number of nitrogen functional groups attached to an aromatic ring is 1. The van der Waals surface area contributed by atoms with Crippen molar-refractivity contribution in [2.45, 2.75) is 26.3 Å². The van der Waals surface area contributed by atoms with Gasteiger partial charge in [0.15, 0.2) is 5.78 Å². The lowest BCUT2D eigenvalue weighted by Gasteiger charge is -2.32. The van der Waals surface area contributed by atoms with Crippen LogP contribution < -0.4 is 27.3 Å². The van der Waals surface area contributed by atoms with E-state index < -0.39 is 0 Å². The van der Waals surface area contributed by atoms with Gasteiger partial charge in [-0.15, -0.1) is 0 Å². The lowest BCUT2D eigenvalue weighted by atomic mass is 9.94. The minimum atomic E-state index is -0.378. The molecule has 1 saturated heterocycles. The Labute approximate surface area is 214 Å². The number of anilines is 3. The van der Waals surface area contributed by atoms with Crippen molar-refractivity contribution in [3.8, 4) is 11.3 Å². The maximum Gasteiger partial charge on any atom is 0.239 e. The molecule has 2 aromatic heterocycles. The van der Waals surface area contributed by atoms with E-state index in [1.54, 1.807) is 17.0 Å². The number of piperidine rings is 1. The van der Waals surface area contributed by atoms with Crippen molar-refractivity contribution in [2.75, 3.05) is 35.8 Å². The molecular weight excluding hydrogens is 472 g/mol. The third-order valence-corrected chi connectivity index (χ3v) is 6.91. The van der Waals surface area contributed by atoms with E-state index in [4.69, 9.17) is 11.7 Å². The molecule has 1 fully saturated rings. The van der Waals surface area contributed by atoms with Gasteiger partial charge in [0, 0.05) is 30.3 Å². The number of aromatic nitrogens is 2. The Kier molecular flexibility index (Phi) is 6.64. The number of hydrazine groups is 1. The van der Waals surface area contributed by atoms with Crippen molar-refractivity contribution in [1.82, 2.24) is 19.9 Å². The average molecular weight is 503 g/mol. The van der Waals surface area contributed by atoms with Crippen LogP contribution in [0, 0.1) is 5.92 Å². The van der Waals surface area contributed by atoms with E-state index in [0.29, 0.717) is 28.2 Å². The first-order valence-corrected chi connectivity index (χ1v) is 12.2. The third-order valence-electron chi connectivity index (χ3n) is 6.91. The number of benzene rings is 1. The number of para-hydroxylation sites is 1. The molecule has 2 amide bonds. The number of carbonyl (C=O) groups is 3. The van der Waals surface area contributed by atoms with E-state index in [-0.39, 0.29) is 42.4 Å². The number of amides is 2. The Hall–Kier alpha value is -4.22. The Morgan fingerprint density at radius 3 is 2.57 bits per heavy atom. The van der Waals surface area contributed by atoms with Crippen molar-refractivity contribution in [3.63, 3.8) is 0 Å². The van der Waals surface area contributed by atoms with Gasteiger partial charge in [-0.25, -0.2) is 15.8 Å². The molecule has 0 unspecified atom stereocenters. The van der Waals surface area contributed by atoms with Gasteiger partial charge in [-0.05, 0) is 50.2 Å². The minimum Gasteiger partial charge on any atom is -0.353 e. The van der Waals surface area contributed by atoms with Gasteiger partial charge in [0.25, 0.3) is 0 Å². The normalized spacial score (nSPS) is 15.8. The highest BCUT2D eigenvalue weighted by Crippen LogP contribution is 2.40. The predicted octanol–water partition coefficient (Wildman–Crippen LogP) is 1.76. The zero-order valence-electron chi connectivity index (χ0n) is 20.6. The summed E-state index contributed by atoms with van der Waals surface area (Å²) in [5, 5.41) is 7.58. The molecule has 11 heteroatoms. The maximum atomic E-state index is 13.6. The molecule has 37 heavy (non-hydrogen) atoms. The fourth-order valence-corrected chi connectivity index (χ4v) is 5.00. The summed E-state index contributed by atoms with van der Waals surface area (Å²) in [6.45, 7) is 3.13. The molecule has 0 saturated carbocycles. The highest BCUT2D eigenvalue weighted by Gasteiger charge is 2.37. The molecule has 0 atom stereocenters. The van der Waals surface area contributed by atoms with Gasteiger partial charge in [0.2, 0.25) is 11.8 Å². The number of Topliss-reactive ketones (excluding diaryl/α,β-unsaturated/α-hetero) is 1. The second kappa shape index (κ2) is 10.0. The van der Waals surface area contributed by atoms with Crippen LogP contribution in [0.25, 0.3) is 11.3 Å². The van der Waals surface area contributed by atoms with Gasteiger partial charge in [-0.1, -0.05) is 18.2 Å². The number of fused-ring (bicyclic) bond motifs is 1. The first kappa shape index (κ1) is 24.5. The summed E-state index contributed by atoms with van der Waals surface area (Å²) in [5.74, 6) is 12.1. The zero-order valence-corrected chi connectivity index (χ0v) is 20.6. The molecule has 0 bridgehead atoms. The Morgan fingerprint density at radius 2 is 1.86 bits per heavy atom. The molecule has 0 spiro atoms. The summed E-state index contributed by atoms with van der Waals surface area (Å²) >= 11 is 0. The summed E-state index contributed by atoms with van der Waals surface area (Å²) in [6.07, 6.45) is 3.02. The molecule has 3 aromatic rings. The summed E-state index contributed by atoms with van der Waals surface area (Å²) in [4.78, 5) is 44.5. The van der Waals surface area contributed by atoms with E-state index in [1.807, 2.05) is 30.3 Å². The minimum absolute atomic E-state index is 0.00874. The van der Waals surface area contributed by atoms with Crippen molar-refractivity contribution in [1.29, 1.82) is 0 Å². The summed E-state index contributed by atoms with van der Waals surface area (Å²) in [7, 11) is 0. The topological polar surface area (TPSA) is 152 Å². The van der Waals surface area contributed by atoms with E-state index in [9.17, 15) is 14.4 Å². The predicted molar refractivity (Wildman–Crippen MR) is 140 cm³/mol. The summed E-state index contributed by atoms with van der Waals surface area (Å²) in [6, 6.07) is 12.8. The van der Waals surface area contributed by atoms with Crippen LogP contribution in [0.15, 0.2) is 48.7 Å². The van der Waals surface area contributed by atoms with Crippen LogP contribution >= 0.6 is 0 Å². The monoisotopic (exact) mass is 502 g/mol. The zero-order chi connectivity index (χ0) is 26.1. The van der Waals surface area contributed by atoms with Crippen molar-refractivity contribution in [3.05, 3.63) is 59.9 Å². The second-order valence-corrected chi connectivity index (χ2v) is 9.34. The van der Waals surface area contributed by atoms with Crippen molar-refractivity contribution >= 4 is 34.8 Å². The van der Waals surface area contributed by atoms with Crippen LogP contribution in [-0.4, -0.2) is 51.8 Å². The highest BCUT2D eigenvalue weighted by molar-refractivity contribution is 6.10. The number of pyridine rings is 1. The fraction of sp³-hybridized carbons (Fsp3) is 0.308. The molecule has 192 valence electrons. The van der Waals surface area contributed by atoms with Crippen LogP contribution in [0.3, 0.4) is 0 Å². The average Bonchev–Trinajstić information content (AvgIpc) is 3.20.